The summed E-state index contributed by atoms with van der Waals surface area (Å²) in [6, 6.07) is 3.82. The number of amides is 3. The zero-order valence-corrected chi connectivity index (χ0v) is 11.0. The van der Waals surface area contributed by atoms with Crippen molar-refractivity contribution in [2.24, 2.45) is 5.92 Å². The van der Waals surface area contributed by atoms with Gasteiger partial charge in [0.2, 0.25) is 5.91 Å². The Balaban J connectivity index is 2.16. The Morgan fingerprint density at radius 2 is 2.18 bits per heavy atom. The molecule has 2 unspecified atom stereocenters. The van der Waals surface area contributed by atoms with E-state index in [1.807, 2.05) is 32.9 Å². The lowest BCUT2D eigenvalue weighted by molar-refractivity contribution is -0.125. The van der Waals surface area contributed by atoms with Gasteiger partial charge in [-0.25, -0.2) is 4.79 Å². The fourth-order valence-corrected chi connectivity index (χ4v) is 2.87. The number of hydrogen-bond donors (Lipinski definition) is 1. The van der Waals surface area contributed by atoms with Crippen LogP contribution < -0.4 is 5.32 Å². The Kier molecular flexibility index (Phi) is 3.19. The second kappa shape index (κ2) is 4.49. The smallest absolute Gasteiger partial charge is 0.316 e. The molecule has 2 atom stereocenters. The standard InChI is InChI=1S/C12H16N2O2S/c1-7-6-14(12(16)13-11(7)15)9(3)10-5-4-8(2)17-10/h4-5,7,9H,6H2,1-3H3,(H,13,15,16). The first-order chi connectivity index (χ1) is 7.99. The summed E-state index contributed by atoms with van der Waals surface area (Å²) < 4.78 is 0. The molecule has 92 valence electrons. The van der Waals surface area contributed by atoms with Gasteiger partial charge < -0.3 is 4.90 Å². The van der Waals surface area contributed by atoms with Gasteiger partial charge in [-0.15, -0.1) is 11.3 Å². The van der Waals surface area contributed by atoms with E-state index in [1.165, 1.54) is 4.88 Å². The van der Waals surface area contributed by atoms with E-state index in [0.717, 1.165) is 4.88 Å². The molecule has 0 spiro atoms. The molecule has 0 saturated carbocycles. The maximum absolute atomic E-state index is 11.8. The largest absolute Gasteiger partial charge is 0.324 e. The number of urea groups is 1. The van der Waals surface area contributed by atoms with Gasteiger partial charge in [0.05, 0.1) is 12.0 Å². The SMILES string of the molecule is Cc1ccc(C(C)N2CC(C)C(=O)NC2=O)s1. The van der Waals surface area contributed by atoms with E-state index in [-0.39, 0.29) is 23.9 Å². The van der Waals surface area contributed by atoms with E-state index in [9.17, 15) is 9.59 Å². The van der Waals surface area contributed by atoms with Crippen molar-refractivity contribution in [2.75, 3.05) is 6.54 Å². The summed E-state index contributed by atoms with van der Waals surface area (Å²) in [5.74, 6) is -0.322. The van der Waals surface area contributed by atoms with Crippen LogP contribution in [0, 0.1) is 12.8 Å². The Hall–Kier alpha value is -1.36. The third kappa shape index (κ3) is 2.34. The third-order valence-electron chi connectivity index (χ3n) is 3.05. The molecular weight excluding hydrogens is 236 g/mol. The minimum atomic E-state index is -0.286. The average Bonchev–Trinajstić information content (AvgIpc) is 2.69. The zero-order chi connectivity index (χ0) is 12.6. The molecule has 2 heterocycles. The summed E-state index contributed by atoms with van der Waals surface area (Å²) in [5.41, 5.74) is 0. The van der Waals surface area contributed by atoms with Crippen LogP contribution in [0.25, 0.3) is 0 Å². The van der Waals surface area contributed by atoms with E-state index in [2.05, 4.69) is 5.32 Å². The van der Waals surface area contributed by atoms with Gasteiger partial charge in [-0.1, -0.05) is 6.92 Å². The fourth-order valence-electron chi connectivity index (χ4n) is 1.93. The van der Waals surface area contributed by atoms with Crippen LogP contribution in [-0.4, -0.2) is 23.4 Å². The van der Waals surface area contributed by atoms with Crippen LogP contribution in [0.15, 0.2) is 12.1 Å². The quantitative estimate of drug-likeness (QED) is 0.878. The second-order valence-electron chi connectivity index (χ2n) is 4.47. The molecule has 1 saturated heterocycles. The van der Waals surface area contributed by atoms with E-state index < -0.39 is 0 Å². The highest BCUT2D eigenvalue weighted by Crippen LogP contribution is 2.28. The normalized spacial score (nSPS) is 22.5. The van der Waals surface area contributed by atoms with Crippen molar-refractivity contribution in [3.8, 4) is 0 Å². The lowest BCUT2D eigenvalue weighted by Gasteiger charge is -2.34. The fraction of sp³-hybridized carbons (Fsp3) is 0.500. The maximum Gasteiger partial charge on any atom is 0.324 e. The number of carbonyl (C=O) groups is 2. The van der Waals surface area contributed by atoms with E-state index in [1.54, 1.807) is 16.2 Å². The van der Waals surface area contributed by atoms with Crippen LogP contribution in [0.3, 0.4) is 0 Å². The topological polar surface area (TPSA) is 49.4 Å². The molecule has 0 bridgehead atoms. The molecule has 1 aliphatic heterocycles. The van der Waals surface area contributed by atoms with Gasteiger partial charge in [0.15, 0.2) is 0 Å². The van der Waals surface area contributed by atoms with Crippen molar-refractivity contribution in [3.05, 3.63) is 21.9 Å². The summed E-state index contributed by atoms with van der Waals surface area (Å²) in [6.07, 6.45) is 0. The molecule has 0 radical (unpaired) electrons. The van der Waals surface area contributed by atoms with Gasteiger partial charge >= 0.3 is 6.03 Å². The second-order valence-corrected chi connectivity index (χ2v) is 5.79. The lowest BCUT2D eigenvalue weighted by atomic mass is 10.1. The lowest BCUT2D eigenvalue weighted by Crippen LogP contribution is -2.54. The number of imide groups is 1. The molecule has 17 heavy (non-hydrogen) atoms. The van der Waals surface area contributed by atoms with Crippen LogP contribution in [0.4, 0.5) is 4.79 Å². The highest BCUT2D eigenvalue weighted by Gasteiger charge is 2.32. The summed E-state index contributed by atoms with van der Waals surface area (Å²) in [4.78, 5) is 27.2. The van der Waals surface area contributed by atoms with Crippen molar-refractivity contribution < 1.29 is 9.59 Å². The first-order valence-corrected chi connectivity index (χ1v) is 6.48. The number of thiophene rings is 1. The molecule has 1 aliphatic rings. The molecule has 0 aromatic carbocycles. The van der Waals surface area contributed by atoms with Gasteiger partial charge in [0, 0.05) is 16.3 Å². The Morgan fingerprint density at radius 1 is 1.47 bits per heavy atom. The van der Waals surface area contributed by atoms with Crippen molar-refractivity contribution in [2.45, 2.75) is 26.8 Å². The van der Waals surface area contributed by atoms with E-state index >= 15 is 0 Å². The molecular formula is C12H16N2O2S. The Labute approximate surface area is 105 Å². The first-order valence-electron chi connectivity index (χ1n) is 5.67. The molecule has 4 nitrogen and oxygen atoms in total. The monoisotopic (exact) mass is 252 g/mol. The minimum Gasteiger partial charge on any atom is -0.316 e. The number of rotatable bonds is 2. The number of nitrogens with one attached hydrogen (secondary N) is 1. The summed E-state index contributed by atoms with van der Waals surface area (Å²) >= 11 is 1.69. The predicted molar refractivity (Wildman–Crippen MR) is 66.9 cm³/mol. The van der Waals surface area contributed by atoms with Crippen molar-refractivity contribution in [1.82, 2.24) is 10.2 Å². The van der Waals surface area contributed by atoms with Gasteiger partial charge in [-0.2, -0.15) is 0 Å². The van der Waals surface area contributed by atoms with Crippen LogP contribution in [0.1, 0.15) is 29.6 Å². The van der Waals surface area contributed by atoms with E-state index in [4.69, 9.17) is 0 Å². The number of hydrogen-bond acceptors (Lipinski definition) is 3. The van der Waals surface area contributed by atoms with Crippen LogP contribution in [0.5, 0.6) is 0 Å². The zero-order valence-electron chi connectivity index (χ0n) is 10.2. The van der Waals surface area contributed by atoms with Crippen molar-refractivity contribution >= 4 is 23.3 Å². The molecule has 1 aromatic heterocycles. The van der Waals surface area contributed by atoms with Crippen LogP contribution >= 0.6 is 11.3 Å². The van der Waals surface area contributed by atoms with Gasteiger partial charge in [0.25, 0.3) is 0 Å². The number of nitrogens with zero attached hydrogens (tertiary/aromatic N) is 1. The van der Waals surface area contributed by atoms with Crippen LogP contribution in [-0.2, 0) is 4.79 Å². The molecule has 0 aliphatic carbocycles. The highest BCUT2D eigenvalue weighted by molar-refractivity contribution is 7.12. The summed E-state index contributed by atoms with van der Waals surface area (Å²) in [7, 11) is 0. The number of carbonyl (C=O) groups excluding carboxylic acids is 2. The maximum atomic E-state index is 11.8. The van der Waals surface area contributed by atoms with Gasteiger partial charge in [-0.3, -0.25) is 10.1 Å². The molecule has 1 aromatic rings. The molecule has 5 heteroatoms. The van der Waals surface area contributed by atoms with Crippen molar-refractivity contribution in [3.63, 3.8) is 0 Å². The van der Waals surface area contributed by atoms with Crippen LogP contribution in [0.2, 0.25) is 0 Å². The molecule has 3 amide bonds. The summed E-state index contributed by atoms with van der Waals surface area (Å²) in [6.45, 7) is 6.36. The minimum absolute atomic E-state index is 0.0178. The molecule has 1 fully saturated rings. The highest BCUT2D eigenvalue weighted by atomic mass is 32.1. The van der Waals surface area contributed by atoms with Crippen molar-refractivity contribution in [1.29, 1.82) is 0 Å². The number of aryl methyl sites for hydroxylation is 1. The Bertz CT molecular complexity index is 455. The first kappa shape index (κ1) is 12.1. The third-order valence-corrected chi connectivity index (χ3v) is 4.22. The summed E-state index contributed by atoms with van der Waals surface area (Å²) in [5, 5.41) is 2.39. The Morgan fingerprint density at radius 3 is 2.76 bits per heavy atom. The predicted octanol–water partition coefficient (Wildman–Crippen LogP) is 2.31. The van der Waals surface area contributed by atoms with Gasteiger partial charge in [0.1, 0.15) is 0 Å². The molecule has 2 rings (SSSR count). The molecule has 1 N–H and O–H groups in total. The average molecular weight is 252 g/mol. The van der Waals surface area contributed by atoms with Gasteiger partial charge in [-0.05, 0) is 26.0 Å². The van der Waals surface area contributed by atoms with E-state index in [0.29, 0.717) is 6.54 Å².